The number of rotatable bonds is 7. The van der Waals surface area contributed by atoms with E-state index < -0.39 is 0 Å². The van der Waals surface area contributed by atoms with E-state index in [0.29, 0.717) is 18.3 Å². The van der Waals surface area contributed by atoms with E-state index in [9.17, 15) is 0 Å². The van der Waals surface area contributed by atoms with Crippen molar-refractivity contribution in [2.45, 2.75) is 33.2 Å². The van der Waals surface area contributed by atoms with Gasteiger partial charge in [-0.05, 0) is 43.2 Å². The van der Waals surface area contributed by atoms with Crippen LogP contribution in [0, 0.1) is 6.92 Å². The van der Waals surface area contributed by atoms with Gasteiger partial charge in [0.25, 0.3) is 0 Å². The number of aryl methyl sites for hydroxylation is 2. The zero-order valence-electron chi connectivity index (χ0n) is 13.8. The molecule has 3 aromatic rings. The van der Waals surface area contributed by atoms with E-state index in [1.807, 2.05) is 43.3 Å². The number of benzene rings is 1. The fraction of sp³-hybridized carbons (Fsp3) is 0.278. The van der Waals surface area contributed by atoms with Crippen molar-refractivity contribution in [3.05, 3.63) is 59.9 Å². The summed E-state index contributed by atoms with van der Waals surface area (Å²) in [5, 5.41) is 7.18. The molecule has 0 aliphatic rings. The van der Waals surface area contributed by atoms with E-state index in [4.69, 9.17) is 9.26 Å². The van der Waals surface area contributed by atoms with Crippen LogP contribution in [-0.4, -0.2) is 15.1 Å². The molecule has 0 radical (unpaired) electrons. The first-order valence-electron chi connectivity index (χ1n) is 7.99. The van der Waals surface area contributed by atoms with Crippen LogP contribution in [0.2, 0.25) is 0 Å². The van der Waals surface area contributed by atoms with Gasteiger partial charge in [0.15, 0.2) is 5.82 Å². The van der Waals surface area contributed by atoms with Crippen molar-refractivity contribution in [1.29, 1.82) is 0 Å². The minimum Gasteiger partial charge on any atom is -0.439 e. The highest BCUT2D eigenvalue weighted by molar-refractivity contribution is 5.46. The molecule has 2 heterocycles. The van der Waals surface area contributed by atoms with Gasteiger partial charge in [-0.3, -0.25) is 0 Å². The van der Waals surface area contributed by atoms with Gasteiger partial charge in [0.2, 0.25) is 11.8 Å². The molecule has 0 fully saturated rings. The molecule has 0 bridgehead atoms. The summed E-state index contributed by atoms with van der Waals surface area (Å²) in [5.74, 6) is 2.65. The Morgan fingerprint density at radius 2 is 1.96 bits per heavy atom. The number of anilines is 1. The predicted molar refractivity (Wildman–Crippen MR) is 91.1 cm³/mol. The summed E-state index contributed by atoms with van der Waals surface area (Å²) in [6.07, 6.45) is 3.62. The van der Waals surface area contributed by atoms with Crippen LogP contribution in [0.15, 0.2) is 47.1 Å². The summed E-state index contributed by atoms with van der Waals surface area (Å²) in [6, 6.07) is 11.5. The van der Waals surface area contributed by atoms with Gasteiger partial charge in [-0.15, -0.1) is 0 Å². The molecule has 124 valence electrons. The summed E-state index contributed by atoms with van der Waals surface area (Å²) in [6.45, 7) is 4.58. The van der Waals surface area contributed by atoms with Crippen molar-refractivity contribution in [2.24, 2.45) is 0 Å². The Morgan fingerprint density at radius 3 is 2.67 bits per heavy atom. The molecule has 2 aromatic heterocycles. The number of nitrogens with one attached hydrogen (secondary N) is 1. The first kappa shape index (κ1) is 16.0. The number of hydrogen-bond acceptors (Lipinski definition) is 6. The molecule has 1 N–H and O–H groups in total. The summed E-state index contributed by atoms with van der Waals surface area (Å²) >= 11 is 0. The second kappa shape index (κ2) is 7.59. The molecular weight excluding hydrogens is 304 g/mol. The lowest BCUT2D eigenvalue weighted by molar-refractivity contribution is 0.377. The van der Waals surface area contributed by atoms with Gasteiger partial charge in [0.05, 0.1) is 6.54 Å². The van der Waals surface area contributed by atoms with Crippen molar-refractivity contribution in [2.75, 3.05) is 5.32 Å². The third-order valence-corrected chi connectivity index (χ3v) is 3.39. The van der Waals surface area contributed by atoms with E-state index in [2.05, 4.69) is 27.4 Å². The second-order valence-electron chi connectivity index (χ2n) is 5.51. The summed E-state index contributed by atoms with van der Waals surface area (Å²) in [7, 11) is 0. The largest absolute Gasteiger partial charge is 0.439 e. The maximum absolute atomic E-state index is 5.70. The van der Waals surface area contributed by atoms with E-state index in [-0.39, 0.29) is 0 Å². The van der Waals surface area contributed by atoms with Crippen LogP contribution in [0.5, 0.6) is 11.6 Å². The highest BCUT2D eigenvalue weighted by atomic mass is 16.5. The lowest BCUT2D eigenvalue weighted by Gasteiger charge is -2.07. The summed E-state index contributed by atoms with van der Waals surface area (Å²) in [5.41, 5.74) is 2.06. The maximum atomic E-state index is 5.70. The Morgan fingerprint density at radius 1 is 1.12 bits per heavy atom. The van der Waals surface area contributed by atoms with Crippen molar-refractivity contribution >= 4 is 5.69 Å². The quantitative estimate of drug-likeness (QED) is 0.704. The SMILES string of the molecule is CCCc1noc(CNc2ccc(Oc3ccc(C)cn3)cc2)n1. The highest BCUT2D eigenvalue weighted by Gasteiger charge is 2.05. The van der Waals surface area contributed by atoms with Gasteiger partial charge >= 0.3 is 0 Å². The molecule has 0 saturated carbocycles. The Labute approximate surface area is 140 Å². The molecule has 6 nitrogen and oxygen atoms in total. The molecule has 0 aliphatic heterocycles. The molecule has 0 aliphatic carbocycles. The molecule has 3 rings (SSSR count). The van der Waals surface area contributed by atoms with Crippen LogP contribution in [0.4, 0.5) is 5.69 Å². The maximum Gasteiger partial charge on any atom is 0.245 e. The normalized spacial score (nSPS) is 10.6. The molecule has 0 atom stereocenters. The lowest BCUT2D eigenvalue weighted by atomic mass is 10.3. The van der Waals surface area contributed by atoms with E-state index in [1.54, 1.807) is 6.20 Å². The second-order valence-corrected chi connectivity index (χ2v) is 5.51. The van der Waals surface area contributed by atoms with Gasteiger partial charge in [-0.2, -0.15) is 4.98 Å². The van der Waals surface area contributed by atoms with Crippen LogP contribution in [-0.2, 0) is 13.0 Å². The van der Waals surface area contributed by atoms with Crippen LogP contribution in [0.1, 0.15) is 30.6 Å². The Balaban J connectivity index is 1.54. The van der Waals surface area contributed by atoms with Crippen LogP contribution < -0.4 is 10.1 Å². The van der Waals surface area contributed by atoms with Crippen molar-refractivity contribution in [1.82, 2.24) is 15.1 Å². The molecule has 24 heavy (non-hydrogen) atoms. The minimum absolute atomic E-state index is 0.496. The zero-order valence-corrected chi connectivity index (χ0v) is 13.8. The average molecular weight is 324 g/mol. The van der Waals surface area contributed by atoms with E-state index >= 15 is 0 Å². The lowest BCUT2D eigenvalue weighted by Crippen LogP contribution is -2.00. The van der Waals surface area contributed by atoms with Gasteiger partial charge < -0.3 is 14.6 Å². The van der Waals surface area contributed by atoms with Crippen molar-refractivity contribution < 1.29 is 9.26 Å². The smallest absolute Gasteiger partial charge is 0.245 e. The molecule has 0 unspecified atom stereocenters. The Hall–Kier alpha value is -2.89. The third-order valence-electron chi connectivity index (χ3n) is 3.39. The topological polar surface area (TPSA) is 73.1 Å². The molecule has 0 amide bonds. The first-order valence-corrected chi connectivity index (χ1v) is 7.99. The van der Waals surface area contributed by atoms with Crippen LogP contribution in [0.3, 0.4) is 0 Å². The molecule has 6 heteroatoms. The predicted octanol–water partition coefficient (Wildman–Crippen LogP) is 4.13. The molecular formula is C18H20N4O2. The van der Waals surface area contributed by atoms with Gasteiger partial charge in [0.1, 0.15) is 5.75 Å². The van der Waals surface area contributed by atoms with Crippen LogP contribution in [0.25, 0.3) is 0 Å². The zero-order chi connectivity index (χ0) is 16.8. The van der Waals surface area contributed by atoms with Gasteiger partial charge in [-0.1, -0.05) is 18.1 Å². The standard InChI is InChI=1S/C18H20N4O2/c1-3-4-16-21-18(24-22-16)12-19-14-6-8-15(9-7-14)23-17-10-5-13(2)11-20-17/h5-11,19H,3-4,12H2,1-2H3. The van der Waals surface area contributed by atoms with E-state index in [0.717, 1.165) is 35.7 Å². The summed E-state index contributed by atoms with van der Waals surface area (Å²) in [4.78, 5) is 8.55. The van der Waals surface area contributed by atoms with Gasteiger partial charge in [0, 0.05) is 24.4 Å². The molecule has 1 aromatic carbocycles. The number of hydrogen-bond donors (Lipinski definition) is 1. The Kier molecular flexibility index (Phi) is 5.05. The van der Waals surface area contributed by atoms with Gasteiger partial charge in [-0.25, -0.2) is 4.98 Å². The summed E-state index contributed by atoms with van der Waals surface area (Å²) < 4.78 is 10.9. The fourth-order valence-electron chi connectivity index (χ4n) is 2.14. The molecule has 0 saturated heterocycles. The van der Waals surface area contributed by atoms with Crippen molar-refractivity contribution in [3.63, 3.8) is 0 Å². The Bertz CT molecular complexity index is 766. The minimum atomic E-state index is 0.496. The monoisotopic (exact) mass is 324 g/mol. The highest BCUT2D eigenvalue weighted by Crippen LogP contribution is 2.21. The van der Waals surface area contributed by atoms with Crippen molar-refractivity contribution in [3.8, 4) is 11.6 Å². The number of nitrogens with zero attached hydrogens (tertiary/aromatic N) is 3. The molecule has 0 spiro atoms. The third kappa shape index (κ3) is 4.32. The number of ether oxygens (including phenoxy) is 1. The van der Waals surface area contributed by atoms with Crippen LogP contribution >= 0.6 is 0 Å². The number of pyridine rings is 1. The number of aromatic nitrogens is 3. The fourth-order valence-corrected chi connectivity index (χ4v) is 2.14. The van der Waals surface area contributed by atoms with E-state index in [1.165, 1.54) is 0 Å². The average Bonchev–Trinajstić information content (AvgIpc) is 3.04. The first-order chi connectivity index (χ1) is 11.7.